The highest BCUT2D eigenvalue weighted by atomic mass is 19.1. The Kier molecular flexibility index (Phi) is 5.42. The van der Waals surface area contributed by atoms with Gasteiger partial charge in [-0.3, -0.25) is 10.1 Å². The van der Waals surface area contributed by atoms with Crippen LogP contribution in [0.3, 0.4) is 0 Å². The first-order chi connectivity index (χ1) is 14.9. The zero-order valence-corrected chi connectivity index (χ0v) is 17.3. The number of benzene rings is 2. The monoisotopic (exact) mass is 420 g/mol. The molecule has 2 amide bonds. The smallest absolute Gasteiger partial charge is 0.419 e. The molecule has 1 atom stereocenters. The second-order valence-corrected chi connectivity index (χ2v) is 7.62. The number of pyridine rings is 1. The lowest BCUT2D eigenvalue weighted by Gasteiger charge is -2.20. The maximum atomic E-state index is 14.2. The molecule has 1 fully saturated rings. The number of aromatic nitrogens is 1. The van der Waals surface area contributed by atoms with Crippen molar-refractivity contribution >= 4 is 22.8 Å². The number of nitrogens with one attached hydrogen (secondary N) is 1. The van der Waals surface area contributed by atoms with E-state index in [0.717, 1.165) is 16.5 Å². The van der Waals surface area contributed by atoms with Crippen LogP contribution in [0.1, 0.15) is 25.3 Å². The second kappa shape index (κ2) is 8.18. The lowest BCUT2D eigenvalue weighted by Crippen LogP contribution is -2.19. The fourth-order valence-corrected chi connectivity index (χ4v) is 3.66. The molecule has 4 rings (SSSR count). The van der Waals surface area contributed by atoms with Crippen LogP contribution in [0.4, 0.5) is 9.18 Å². The van der Waals surface area contributed by atoms with Gasteiger partial charge in [-0.05, 0) is 35.6 Å². The van der Waals surface area contributed by atoms with Crippen LogP contribution >= 0.6 is 0 Å². The zero-order valence-electron chi connectivity index (χ0n) is 17.3. The van der Waals surface area contributed by atoms with E-state index in [1.807, 2.05) is 44.2 Å². The number of fused-ring (bicyclic) bond motifs is 1. The molecule has 0 radical (unpaired) electrons. The first-order valence-electron chi connectivity index (χ1n) is 9.86. The molecular weight excluding hydrogens is 399 g/mol. The minimum atomic E-state index is -0.789. The summed E-state index contributed by atoms with van der Waals surface area (Å²) in [7, 11) is 1.52. The minimum Gasteiger partial charge on any atom is -0.481 e. The third kappa shape index (κ3) is 3.99. The lowest BCUT2D eigenvalue weighted by atomic mass is 9.88. The van der Waals surface area contributed by atoms with E-state index >= 15 is 0 Å². The number of hydrogen-bond acceptors (Lipinski definition) is 5. The summed E-state index contributed by atoms with van der Waals surface area (Å²) in [5, 5.41) is 3.42. The summed E-state index contributed by atoms with van der Waals surface area (Å²) in [5.41, 5.74) is 2.13. The van der Waals surface area contributed by atoms with Crippen LogP contribution in [-0.4, -0.2) is 24.1 Å². The summed E-state index contributed by atoms with van der Waals surface area (Å²) in [6, 6.07) is 14.1. The van der Waals surface area contributed by atoms with Gasteiger partial charge in [0.2, 0.25) is 5.88 Å². The highest BCUT2D eigenvalue weighted by Crippen LogP contribution is 2.35. The first kappa shape index (κ1) is 20.5. The SMILES string of the molecule is COc1nc(-c2ccc3cccc(F)c3c2)ccc1C(C=C1OC(=O)NC1=O)C(C)C. The zero-order chi connectivity index (χ0) is 22.1. The largest absolute Gasteiger partial charge is 0.481 e. The topological polar surface area (TPSA) is 77.5 Å². The van der Waals surface area contributed by atoms with Gasteiger partial charge in [0.05, 0.1) is 12.8 Å². The van der Waals surface area contributed by atoms with Crippen molar-refractivity contribution in [1.29, 1.82) is 0 Å². The van der Waals surface area contributed by atoms with E-state index in [2.05, 4.69) is 10.3 Å². The van der Waals surface area contributed by atoms with Gasteiger partial charge in [0.15, 0.2) is 5.76 Å². The fraction of sp³-hybridized carbons (Fsp3) is 0.208. The van der Waals surface area contributed by atoms with Gasteiger partial charge in [0.25, 0.3) is 5.91 Å². The van der Waals surface area contributed by atoms with Gasteiger partial charge >= 0.3 is 6.09 Å². The molecule has 1 aromatic heterocycles. The molecule has 1 aliphatic rings. The molecule has 1 N–H and O–H groups in total. The van der Waals surface area contributed by atoms with Crippen LogP contribution in [0, 0.1) is 11.7 Å². The van der Waals surface area contributed by atoms with Crippen molar-refractivity contribution in [3.63, 3.8) is 0 Å². The normalized spacial score (nSPS) is 16.0. The highest BCUT2D eigenvalue weighted by Gasteiger charge is 2.29. The van der Waals surface area contributed by atoms with Gasteiger partial charge in [0.1, 0.15) is 5.82 Å². The molecule has 0 saturated carbocycles. The molecule has 7 heteroatoms. The minimum absolute atomic E-state index is 0.0418. The fourth-order valence-electron chi connectivity index (χ4n) is 3.66. The summed E-state index contributed by atoms with van der Waals surface area (Å²) in [5.74, 6) is -0.740. The molecule has 0 aliphatic carbocycles. The Labute approximate surface area is 178 Å². The number of hydrogen-bond donors (Lipinski definition) is 1. The van der Waals surface area contributed by atoms with Crippen LogP contribution in [0.15, 0.2) is 60.4 Å². The van der Waals surface area contributed by atoms with Gasteiger partial charge in [-0.2, -0.15) is 0 Å². The van der Waals surface area contributed by atoms with Crippen molar-refractivity contribution in [3.8, 4) is 17.1 Å². The maximum Gasteiger partial charge on any atom is 0.419 e. The average Bonchev–Trinajstić information content (AvgIpc) is 3.08. The summed E-state index contributed by atoms with van der Waals surface area (Å²) in [6.45, 7) is 3.96. The van der Waals surface area contributed by atoms with E-state index in [1.54, 1.807) is 18.2 Å². The van der Waals surface area contributed by atoms with Crippen LogP contribution in [-0.2, 0) is 9.53 Å². The Morgan fingerprint density at radius 1 is 1.13 bits per heavy atom. The number of rotatable bonds is 5. The summed E-state index contributed by atoms with van der Waals surface area (Å²) in [6.07, 6.45) is 0.818. The molecule has 1 unspecified atom stereocenters. The van der Waals surface area contributed by atoms with Gasteiger partial charge < -0.3 is 9.47 Å². The first-order valence-corrected chi connectivity index (χ1v) is 9.86. The number of allylic oxidation sites excluding steroid dienone is 1. The number of methoxy groups -OCH3 is 1. The summed E-state index contributed by atoms with van der Waals surface area (Å²) < 4.78 is 24.7. The lowest BCUT2D eigenvalue weighted by molar-refractivity contribution is -0.116. The Balaban J connectivity index is 1.75. The van der Waals surface area contributed by atoms with E-state index in [0.29, 0.717) is 17.0 Å². The van der Waals surface area contributed by atoms with E-state index in [4.69, 9.17) is 9.47 Å². The Bertz CT molecular complexity index is 1220. The maximum absolute atomic E-state index is 14.2. The molecule has 2 aromatic carbocycles. The van der Waals surface area contributed by atoms with E-state index < -0.39 is 12.0 Å². The number of carbonyl (C=O) groups excluding carboxylic acids is 2. The molecule has 158 valence electrons. The van der Waals surface area contributed by atoms with E-state index in [-0.39, 0.29) is 23.4 Å². The standard InChI is InChI=1S/C24H21FN2O4/c1-13(2)17(12-21-22(28)27-24(29)31-21)16-9-10-20(26-23(16)30-3)15-8-7-14-5-4-6-19(25)18(14)11-15/h4-13,17H,1-3H3,(H,27,28,29). The van der Waals surface area contributed by atoms with E-state index in [9.17, 15) is 14.0 Å². The molecule has 1 saturated heterocycles. The quantitative estimate of drug-likeness (QED) is 0.592. The Morgan fingerprint density at radius 3 is 2.61 bits per heavy atom. The number of ether oxygens (including phenoxy) is 2. The Morgan fingerprint density at radius 2 is 1.94 bits per heavy atom. The van der Waals surface area contributed by atoms with Crippen molar-refractivity contribution in [3.05, 3.63) is 71.7 Å². The number of halogens is 1. The van der Waals surface area contributed by atoms with Crippen LogP contribution < -0.4 is 10.1 Å². The number of carbonyl (C=O) groups is 2. The van der Waals surface area contributed by atoms with Gasteiger partial charge in [-0.15, -0.1) is 0 Å². The number of nitrogens with zero attached hydrogens (tertiary/aromatic N) is 1. The number of amides is 2. The molecule has 2 heterocycles. The van der Waals surface area contributed by atoms with Crippen molar-refractivity contribution in [2.24, 2.45) is 5.92 Å². The van der Waals surface area contributed by atoms with Gasteiger partial charge in [-0.1, -0.05) is 44.2 Å². The summed E-state index contributed by atoms with van der Waals surface area (Å²) >= 11 is 0. The van der Waals surface area contributed by atoms with E-state index in [1.165, 1.54) is 13.2 Å². The van der Waals surface area contributed by atoms with Crippen LogP contribution in [0.5, 0.6) is 5.88 Å². The van der Waals surface area contributed by atoms with Crippen molar-refractivity contribution in [2.45, 2.75) is 19.8 Å². The molecule has 3 aromatic rings. The predicted octanol–water partition coefficient (Wildman–Crippen LogP) is 4.94. The molecule has 1 aliphatic heterocycles. The number of cyclic esters (lactones) is 1. The van der Waals surface area contributed by atoms with Crippen LogP contribution in [0.2, 0.25) is 0 Å². The number of alkyl carbamates (subject to hydrolysis) is 1. The van der Waals surface area contributed by atoms with Gasteiger partial charge in [0, 0.05) is 22.4 Å². The third-order valence-electron chi connectivity index (χ3n) is 5.26. The van der Waals surface area contributed by atoms with Crippen LogP contribution in [0.25, 0.3) is 22.0 Å². The summed E-state index contributed by atoms with van der Waals surface area (Å²) in [4.78, 5) is 27.9. The molecule has 6 nitrogen and oxygen atoms in total. The van der Waals surface area contributed by atoms with Gasteiger partial charge in [-0.25, -0.2) is 14.2 Å². The number of imide groups is 1. The predicted molar refractivity (Wildman–Crippen MR) is 114 cm³/mol. The highest BCUT2D eigenvalue weighted by molar-refractivity contribution is 6.07. The van der Waals surface area contributed by atoms with Crippen molar-refractivity contribution < 1.29 is 23.5 Å². The molecule has 0 bridgehead atoms. The average molecular weight is 420 g/mol. The third-order valence-corrected chi connectivity index (χ3v) is 5.26. The molecular formula is C24H21FN2O4. The molecule has 0 spiro atoms. The van der Waals surface area contributed by atoms with Crippen molar-refractivity contribution in [1.82, 2.24) is 10.3 Å². The molecule has 31 heavy (non-hydrogen) atoms. The van der Waals surface area contributed by atoms with Crippen molar-refractivity contribution in [2.75, 3.05) is 7.11 Å². The second-order valence-electron chi connectivity index (χ2n) is 7.62. The Hall–Kier alpha value is -3.74.